The second-order valence-electron chi connectivity index (χ2n) is 6.10. The topological polar surface area (TPSA) is 69.0 Å². The van der Waals surface area contributed by atoms with Crippen molar-refractivity contribution in [1.82, 2.24) is 20.1 Å². The van der Waals surface area contributed by atoms with Gasteiger partial charge in [-0.25, -0.2) is 0 Å². The van der Waals surface area contributed by atoms with Gasteiger partial charge in [0, 0.05) is 18.6 Å². The zero-order valence-corrected chi connectivity index (χ0v) is 16.4. The van der Waals surface area contributed by atoms with Crippen LogP contribution in [0.1, 0.15) is 26.6 Å². The summed E-state index contributed by atoms with van der Waals surface area (Å²) in [4.78, 5) is 12.1. The minimum absolute atomic E-state index is 0.000615. The molecule has 1 heterocycles. The zero-order chi connectivity index (χ0) is 18.4. The van der Waals surface area contributed by atoms with Crippen molar-refractivity contribution in [3.05, 3.63) is 35.1 Å². The number of ether oxygens (including phenoxy) is 1. The highest BCUT2D eigenvalue weighted by Gasteiger charge is 2.19. The highest BCUT2D eigenvalue weighted by Crippen LogP contribution is 2.22. The van der Waals surface area contributed by atoms with Crippen molar-refractivity contribution in [2.24, 2.45) is 13.0 Å². The van der Waals surface area contributed by atoms with Gasteiger partial charge in [-0.05, 0) is 37.1 Å². The van der Waals surface area contributed by atoms with E-state index < -0.39 is 0 Å². The second-order valence-corrected chi connectivity index (χ2v) is 7.84. The van der Waals surface area contributed by atoms with Gasteiger partial charge in [0.2, 0.25) is 5.91 Å². The molecule has 1 N–H and O–H groups in total. The maximum absolute atomic E-state index is 12.1. The molecule has 1 amide bonds. The van der Waals surface area contributed by atoms with Gasteiger partial charge in [-0.1, -0.05) is 37.2 Å². The van der Waals surface area contributed by atoms with E-state index in [1.54, 1.807) is 24.3 Å². The smallest absolute Gasteiger partial charge is 0.233 e. The lowest BCUT2D eigenvalue weighted by atomic mass is 10.2. The summed E-state index contributed by atoms with van der Waals surface area (Å²) < 4.78 is 7.53. The second kappa shape index (κ2) is 9.10. The van der Waals surface area contributed by atoms with E-state index in [4.69, 9.17) is 16.3 Å². The predicted molar refractivity (Wildman–Crippen MR) is 100.0 cm³/mol. The summed E-state index contributed by atoms with van der Waals surface area (Å²) in [5.41, 5.74) is 0. The molecule has 0 radical (unpaired) electrons. The van der Waals surface area contributed by atoms with Crippen molar-refractivity contribution in [2.75, 3.05) is 6.54 Å². The minimum Gasteiger partial charge on any atom is -0.486 e. The van der Waals surface area contributed by atoms with Crippen LogP contribution in [-0.4, -0.2) is 32.5 Å². The van der Waals surface area contributed by atoms with Crippen LogP contribution in [-0.2, 0) is 18.4 Å². The third-order valence-corrected chi connectivity index (χ3v) is 4.83. The van der Waals surface area contributed by atoms with E-state index >= 15 is 0 Å². The van der Waals surface area contributed by atoms with Crippen LogP contribution >= 0.6 is 23.4 Å². The van der Waals surface area contributed by atoms with Crippen molar-refractivity contribution in [3.63, 3.8) is 0 Å². The number of halogens is 1. The molecule has 1 aromatic heterocycles. The van der Waals surface area contributed by atoms with Crippen LogP contribution in [0.4, 0.5) is 0 Å². The summed E-state index contributed by atoms with van der Waals surface area (Å²) in [5.74, 6) is 1.82. The van der Waals surface area contributed by atoms with Crippen molar-refractivity contribution in [3.8, 4) is 5.75 Å². The quantitative estimate of drug-likeness (QED) is 0.709. The Labute approximate surface area is 157 Å². The van der Waals surface area contributed by atoms with Crippen LogP contribution in [0.5, 0.6) is 5.75 Å². The molecule has 25 heavy (non-hydrogen) atoms. The number of thioether (sulfide) groups is 1. The Morgan fingerprint density at radius 1 is 1.28 bits per heavy atom. The molecule has 0 aliphatic heterocycles. The molecule has 0 unspecified atom stereocenters. The molecular formula is C17H23ClN4O2S. The van der Waals surface area contributed by atoms with Crippen LogP contribution in [0.2, 0.25) is 5.02 Å². The van der Waals surface area contributed by atoms with Gasteiger partial charge in [-0.2, -0.15) is 0 Å². The lowest BCUT2D eigenvalue weighted by Crippen LogP contribution is -2.33. The number of nitrogens with one attached hydrogen (secondary N) is 1. The summed E-state index contributed by atoms with van der Waals surface area (Å²) in [5, 5.41) is 12.3. The Hall–Kier alpha value is -1.73. The molecule has 1 atom stereocenters. The van der Waals surface area contributed by atoms with Crippen LogP contribution in [0, 0.1) is 5.92 Å². The summed E-state index contributed by atoms with van der Waals surface area (Å²) in [6.45, 7) is 6.95. The fraction of sp³-hybridized carbons (Fsp3) is 0.471. The van der Waals surface area contributed by atoms with E-state index in [2.05, 4.69) is 29.4 Å². The first-order valence-electron chi connectivity index (χ1n) is 8.07. The van der Waals surface area contributed by atoms with Gasteiger partial charge >= 0.3 is 0 Å². The molecule has 2 aromatic rings. The van der Waals surface area contributed by atoms with E-state index in [0.717, 1.165) is 0 Å². The average molecular weight is 383 g/mol. The molecule has 6 nitrogen and oxygen atoms in total. The van der Waals surface area contributed by atoms with Gasteiger partial charge in [0.05, 0.1) is 5.25 Å². The fourth-order valence-corrected chi connectivity index (χ4v) is 2.90. The number of aromatic nitrogens is 3. The molecule has 0 aliphatic rings. The number of rotatable bonds is 8. The molecule has 1 aromatic carbocycles. The van der Waals surface area contributed by atoms with Crippen molar-refractivity contribution in [2.45, 2.75) is 37.8 Å². The molecular weight excluding hydrogens is 360 g/mol. The molecule has 8 heteroatoms. The molecule has 0 bridgehead atoms. The van der Waals surface area contributed by atoms with Crippen LogP contribution in [0.3, 0.4) is 0 Å². The van der Waals surface area contributed by atoms with E-state index in [-0.39, 0.29) is 11.2 Å². The molecule has 0 spiro atoms. The maximum atomic E-state index is 12.1. The number of amides is 1. The van der Waals surface area contributed by atoms with Gasteiger partial charge < -0.3 is 14.6 Å². The molecule has 0 aliphatic carbocycles. The SMILES string of the molecule is CC(C)CNC(=O)[C@@H](C)Sc1nnc(COc2ccc(Cl)cc2)n1C. The number of benzene rings is 1. The van der Waals surface area contributed by atoms with E-state index in [9.17, 15) is 4.79 Å². The van der Waals surface area contributed by atoms with Gasteiger partial charge in [0.15, 0.2) is 11.0 Å². The number of carbonyl (C=O) groups is 1. The summed E-state index contributed by atoms with van der Waals surface area (Å²) in [6, 6.07) is 7.14. The normalized spacial score (nSPS) is 12.2. The Morgan fingerprint density at radius 3 is 2.60 bits per heavy atom. The van der Waals surface area contributed by atoms with Crippen LogP contribution < -0.4 is 10.1 Å². The first kappa shape index (κ1) is 19.6. The minimum atomic E-state index is -0.244. The number of hydrogen-bond donors (Lipinski definition) is 1. The Bertz CT molecular complexity index is 703. The summed E-state index contributed by atoms with van der Waals surface area (Å²) in [7, 11) is 1.86. The van der Waals surface area contributed by atoms with Gasteiger partial charge in [0.1, 0.15) is 12.4 Å². The lowest BCUT2D eigenvalue weighted by molar-refractivity contribution is -0.120. The summed E-state index contributed by atoms with van der Waals surface area (Å²) in [6.07, 6.45) is 0. The van der Waals surface area contributed by atoms with E-state index in [1.807, 2.05) is 18.5 Å². The van der Waals surface area contributed by atoms with Gasteiger partial charge in [-0.3, -0.25) is 4.79 Å². The first-order chi connectivity index (χ1) is 11.9. The van der Waals surface area contributed by atoms with Gasteiger partial charge in [-0.15, -0.1) is 10.2 Å². The molecule has 0 saturated heterocycles. The molecule has 136 valence electrons. The third kappa shape index (κ3) is 5.93. The van der Waals surface area contributed by atoms with E-state index in [0.29, 0.717) is 40.8 Å². The zero-order valence-electron chi connectivity index (χ0n) is 14.8. The average Bonchev–Trinajstić information content (AvgIpc) is 2.92. The van der Waals surface area contributed by atoms with Crippen LogP contribution in [0.25, 0.3) is 0 Å². The highest BCUT2D eigenvalue weighted by atomic mass is 35.5. The third-order valence-electron chi connectivity index (χ3n) is 3.44. The Balaban J connectivity index is 1.91. The summed E-state index contributed by atoms with van der Waals surface area (Å²) >= 11 is 7.23. The Morgan fingerprint density at radius 2 is 1.96 bits per heavy atom. The monoisotopic (exact) mass is 382 g/mol. The predicted octanol–water partition coefficient (Wildman–Crippen LogP) is 3.30. The molecule has 2 rings (SSSR count). The maximum Gasteiger partial charge on any atom is 0.233 e. The standard InChI is InChI=1S/C17H23ClN4O2S/c1-11(2)9-19-16(23)12(3)25-17-21-20-15(22(17)4)10-24-14-7-5-13(18)6-8-14/h5-8,11-12H,9-10H2,1-4H3,(H,19,23)/t12-/m1/s1. The number of carbonyl (C=O) groups excluding carboxylic acids is 1. The molecule has 0 fully saturated rings. The van der Waals surface area contributed by atoms with Gasteiger partial charge in [0.25, 0.3) is 0 Å². The largest absolute Gasteiger partial charge is 0.486 e. The van der Waals surface area contributed by atoms with Crippen molar-refractivity contribution >= 4 is 29.3 Å². The fourth-order valence-electron chi connectivity index (χ4n) is 1.91. The van der Waals surface area contributed by atoms with Crippen molar-refractivity contribution in [1.29, 1.82) is 0 Å². The highest BCUT2D eigenvalue weighted by molar-refractivity contribution is 8.00. The number of hydrogen-bond acceptors (Lipinski definition) is 5. The number of nitrogens with zero attached hydrogens (tertiary/aromatic N) is 3. The Kier molecular flexibility index (Phi) is 7.13. The molecule has 0 saturated carbocycles. The first-order valence-corrected chi connectivity index (χ1v) is 9.33. The van der Waals surface area contributed by atoms with Crippen LogP contribution in [0.15, 0.2) is 29.4 Å². The van der Waals surface area contributed by atoms with E-state index in [1.165, 1.54) is 11.8 Å². The lowest BCUT2D eigenvalue weighted by Gasteiger charge is -2.13. The van der Waals surface area contributed by atoms with Crippen molar-refractivity contribution < 1.29 is 9.53 Å².